The summed E-state index contributed by atoms with van der Waals surface area (Å²) in [5.74, 6) is 1.99. The first-order chi connectivity index (χ1) is 12.2. The van der Waals surface area contributed by atoms with Gasteiger partial charge in [0, 0.05) is 17.7 Å². The lowest BCUT2D eigenvalue weighted by Gasteiger charge is -2.24. The third kappa shape index (κ3) is 3.03. The fourth-order valence-electron chi connectivity index (χ4n) is 2.97. The molecule has 0 aliphatic carbocycles. The summed E-state index contributed by atoms with van der Waals surface area (Å²) < 4.78 is 16.0. The van der Waals surface area contributed by atoms with Crippen molar-refractivity contribution in [2.45, 2.75) is 12.8 Å². The Bertz CT molecular complexity index is 847. The summed E-state index contributed by atoms with van der Waals surface area (Å²) in [6.07, 6.45) is 1.69. The van der Waals surface area contributed by atoms with Gasteiger partial charge in [0.05, 0.1) is 12.8 Å². The number of hydrogen-bond donors (Lipinski definition) is 0. The molecule has 0 N–H and O–H groups in total. The average molecular weight is 338 g/mol. The van der Waals surface area contributed by atoms with E-state index in [9.17, 15) is 4.79 Å². The number of hydrogen-bond acceptors (Lipinski definition) is 5. The van der Waals surface area contributed by atoms with E-state index in [0.717, 1.165) is 35.6 Å². The maximum atomic E-state index is 12.8. The summed E-state index contributed by atoms with van der Waals surface area (Å²) >= 11 is 0. The predicted octanol–water partition coefficient (Wildman–Crippen LogP) is 3.06. The number of fused-ring (bicyclic) bond motifs is 1. The zero-order chi connectivity index (χ0) is 17.2. The van der Waals surface area contributed by atoms with E-state index in [0.29, 0.717) is 17.9 Å². The average Bonchev–Trinajstić information content (AvgIpc) is 3.15. The van der Waals surface area contributed by atoms with Crippen LogP contribution in [-0.2, 0) is 0 Å². The largest absolute Gasteiger partial charge is 0.497 e. The summed E-state index contributed by atoms with van der Waals surface area (Å²) in [5, 5.41) is 6.10. The number of carbonyl (C=O) groups excluding carboxylic acids is 1. The number of hydrazone groups is 1. The van der Waals surface area contributed by atoms with E-state index in [4.69, 9.17) is 14.2 Å². The molecule has 0 saturated heterocycles. The molecule has 128 valence electrons. The van der Waals surface area contributed by atoms with E-state index in [2.05, 4.69) is 5.10 Å². The van der Waals surface area contributed by atoms with Gasteiger partial charge in [-0.3, -0.25) is 4.79 Å². The van der Waals surface area contributed by atoms with Gasteiger partial charge < -0.3 is 14.2 Å². The minimum Gasteiger partial charge on any atom is -0.497 e. The Labute approximate surface area is 145 Å². The maximum Gasteiger partial charge on any atom is 0.274 e. The minimum absolute atomic E-state index is 0.128. The second-order valence-electron chi connectivity index (χ2n) is 5.88. The second kappa shape index (κ2) is 6.47. The van der Waals surface area contributed by atoms with Crippen LogP contribution in [0.1, 0.15) is 28.8 Å². The number of nitrogens with zero attached hydrogens (tertiary/aromatic N) is 2. The smallest absolute Gasteiger partial charge is 0.274 e. The van der Waals surface area contributed by atoms with Crippen LogP contribution in [0.3, 0.4) is 0 Å². The Morgan fingerprint density at radius 2 is 2.04 bits per heavy atom. The van der Waals surface area contributed by atoms with Crippen LogP contribution < -0.4 is 14.2 Å². The van der Waals surface area contributed by atoms with Crippen molar-refractivity contribution in [3.05, 3.63) is 53.6 Å². The second-order valence-corrected chi connectivity index (χ2v) is 5.88. The van der Waals surface area contributed by atoms with Crippen LogP contribution in [0.25, 0.3) is 0 Å². The summed E-state index contributed by atoms with van der Waals surface area (Å²) in [6.45, 7) is 0.843. The van der Waals surface area contributed by atoms with Crippen molar-refractivity contribution in [1.82, 2.24) is 5.01 Å². The quantitative estimate of drug-likeness (QED) is 0.863. The van der Waals surface area contributed by atoms with E-state index in [1.807, 2.05) is 24.3 Å². The van der Waals surface area contributed by atoms with E-state index < -0.39 is 0 Å². The molecule has 0 bridgehead atoms. The highest BCUT2D eigenvalue weighted by Gasteiger charge is 2.22. The van der Waals surface area contributed by atoms with Crippen molar-refractivity contribution in [2.75, 3.05) is 20.4 Å². The van der Waals surface area contributed by atoms with Crippen LogP contribution in [0.5, 0.6) is 17.2 Å². The first-order valence-electron chi connectivity index (χ1n) is 8.18. The normalized spacial score (nSPS) is 15.7. The molecule has 1 amide bonds. The Kier molecular flexibility index (Phi) is 4.01. The Morgan fingerprint density at radius 3 is 2.92 bits per heavy atom. The molecule has 0 atom stereocenters. The number of benzene rings is 2. The molecule has 2 aromatic rings. The molecule has 2 aliphatic rings. The molecule has 2 heterocycles. The molecular formula is C19H18N2O4. The van der Waals surface area contributed by atoms with Crippen molar-refractivity contribution in [3.8, 4) is 17.2 Å². The van der Waals surface area contributed by atoms with Crippen LogP contribution in [-0.4, -0.2) is 37.1 Å². The molecule has 25 heavy (non-hydrogen) atoms. The number of amides is 1. The lowest BCUT2D eigenvalue weighted by atomic mass is 10.0. The first kappa shape index (κ1) is 15.5. The highest BCUT2D eigenvalue weighted by molar-refractivity contribution is 6.03. The molecular weight excluding hydrogens is 320 g/mol. The van der Waals surface area contributed by atoms with E-state index in [-0.39, 0.29) is 12.7 Å². The fourth-order valence-corrected chi connectivity index (χ4v) is 2.97. The summed E-state index contributed by atoms with van der Waals surface area (Å²) in [4.78, 5) is 12.8. The topological polar surface area (TPSA) is 60.4 Å². The van der Waals surface area contributed by atoms with E-state index >= 15 is 0 Å². The highest BCUT2D eigenvalue weighted by Crippen LogP contribution is 2.33. The van der Waals surface area contributed by atoms with Gasteiger partial charge in [0.1, 0.15) is 5.75 Å². The molecule has 2 aliphatic heterocycles. The van der Waals surface area contributed by atoms with Crippen LogP contribution >= 0.6 is 0 Å². The standard InChI is InChI=1S/C19H18N2O4/c1-23-15-5-2-4-14(10-15)19(22)21-9-3-6-16(20-21)13-7-8-17-18(11-13)25-12-24-17/h2,4-5,7-8,10-11H,3,6,9,12H2,1H3. The zero-order valence-electron chi connectivity index (χ0n) is 13.9. The fraction of sp³-hybridized carbons (Fsp3) is 0.263. The molecule has 0 spiro atoms. The van der Waals surface area contributed by atoms with Gasteiger partial charge in [0.15, 0.2) is 11.5 Å². The van der Waals surface area contributed by atoms with Crippen LogP contribution in [0, 0.1) is 0 Å². The van der Waals surface area contributed by atoms with Gasteiger partial charge in [-0.2, -0.15) is 5.10 Å². The number of rotatable bonds is 3. The van der Waals surface area contributed by atoms with Crippen LogP contribution in [0.15, 0.2) is 47.6 Å². The molecule has 0 saturated carbocycles. The maximum absolute atomic E-state index is 12.8. The molecule has 0 radical (unpaired) electrons. The SMILES string of the molecule is COc1cccc(C(=O)N2CCCC(c3ccc4c(c3)OCO4)=N2)c1. The third-order valence-electron chi connectivity index (χ3n) is 4.28. The van der Waals surface area contributed by atoms with Gasteiger partial charge in [-0.1, -0.05) is 6.07 Å². The lowest BCUT2D eigenvalue weighted by molar-refractivity contribution is 0.0751. The number of carbonyl (C=O) groups is 1. The Hall–Kier alpha value is -3.02. The predicted molar refractivity (Wildman–Crippen MR) is 92.4 cm³/mol. The first-order valence-corrected chi connectivity index (χ1v) is 8.18. The van der Waals surface area contributed by atoms with E-state index in [1.54, 1.807) is 25.3 Å². The van der Waals surface area contributed by atoms with Gasteiger partial charge in [0.25, 0.3) is 5.91 Å². The molecule has 0 aromatic heterocycles. The van der Waals surface area contributed by atoms with Gasteiger partial charge in [-0.15, -0.1) is 0 Å². The summed E-state index contributed by atoms with van der Waals surface area (Å²) in [5.41, 5.74) is 2.39. The Balaban J connectivity index is 1.60. The van der Waals surface area contributed by atoms with Gasteiger partial charge in [0.2, 0.25) is 6.79 Å². The molecule has 2 aromatic carbocycles. The van der Waals surface area contributed by atoms with Crippen LogP contribution in [0.4, 0.5) is 0 Å². The summed E-state index contributed by atoms with van der Waals surface area (Å²) in [7, 11) is 1.58. The van der Waals surface area contributed by atoms with Crippen molar-refractivity contribution < 1.29 is 19.0 Å². The van der Waals surface area contributed by atoms with Crippen LogP contribution in [0.2, 0.25) is 0 Å². The van der Waals surface area contributed by atoms with Crippen molar-refractivity contribution >= 4 is 11.6 Å². The highest BCUT2D eigenvalue weighted by atomic mass is 16.7. The Morgan fingerprint density at radius 1 is 1.16 bits per heavy atom. The van der Waals surface area contributed by atoms with Gasteiger partial charge >= 0.3 is 0 Å². The third-order valence-corrected chi connectivity index (χ3v) is 4.28. The molecule has 6 heteroatoms. The lowest BCUT2D eigenvalue weighted by Crippen LogP contribution is -2.32. The van der Waals surface area contributed by atoms with Gasteiger partial charge in [-0.05, 0) is 49.2 Å². The monoisotopic (exact) mass is 338 g/mol. The van der Waals surface area contributed by atoms with Crippen molar-refractivity contribution in [2.24, 2.45) is 5.10 Å². The van der Waals surface area contributed by atoms with Crippen molar-refractivity contribution in [1.29, 1.82) is 0 Å². The number of ether oxygens (including phenoxy) is 3. The molecule has 6 nitrogen and oxygen atoms in total. The molecule has 0 fully saturated rings. The number of methoxy groups -OCH3 is 1. The zero-order valence-corrected chi connectivity index (χ0v) is 13.9. The minimum atomic E-state index is -0.128. The van der Waals surface area contributed by atoms with Crippen molar-refractivity contribution in [3.63, 3.8) is 0 Å². The summed E-state index contributed by atoms with van der Waals surface area (Å²) in [6, 6.07) is 12.9. The van der Waals surface area contributed by atoms with Gasteiger partial charge in [-0.25, -0.2) is 5.01 Å². The molecule has 0 unspecified atom stereocenters. The molecule has 4 rings (SSSR count). The van der Waals surface area contributed by atoms with E-state index in [1.165, 1.54) is 5.01 Å².